The number of rotatable bonds is 6. The van der Waals surface area contributed by atoms with Gasteiger partial charge in [-0.3, -0.25) is 25.2 Å². The van der Waals surface area contributed by atoms with Gasteiger partial charge in [0.15, 0.2) is 0 Å². The van der Waals surface area contributed by atoms with Gasteiger partial charge in [-0.15, -0.1) is 11.8 Å². The van der Waals surface area contributed by atoms with E-state index < -0.39 is 11.8 Å². The smallest absolute Gasteiger partial charge is 0.269 e. The second-order valence-electron chi connectivity index (χ2n) is 6.50. The first kappa shape index (κ1) is 20.7. The Balaban J connectivity index is 1.54. The van der Waals surface area contributed by atoms with Crippen LogP contribution in [-0.4, -0.2) is 37.1 Å². The highest BCUT2D eigenvalue weighted by Crippen LogP contribution is 2.27. The van der Waals surface area contributed by atoms with E-state index in [0.717, 1.165) is 10.6 Å². The highest BCUT2D eigenvalue weighted by molar-refractivity contribution is 7.98. The Bertz CT molecular complexity index is 884. The zero-order chi connectivity index (χ0) is 20.8. The summed E-state index contributed by atoms with van der Waals surface area (Å²) in [6.07, 6.45) is 2.09. The fourth-order valence-corrected chi connectivity index (χ4v) is 3.46. The number of hydrazine groups is 1. The van der Waals surface area contributed by atoms with Crippen LogP contribution in [0.25, 0.3) is 0 Å². The van der Waals surface area contributed by atoms with Gasteiger partial charge in [0.25, 0.3) is 5.91 Å². The van der Waals surface area contributed by atoms with Crippen molar-refractivity contribution in [3.8, 4) is 5.75 Å². The molecule has 2 N–H and O–H groups in total. The molecule has 2 aromatic carbocycles. The highest BCUT2D eigenvalue weighted by Gasteiger charge is 2.35. The number of nitrogens with one attached hydrogen (secondary N) is 2. The average molecular weight is 413 g/mol. The number of amides is 3. The molecule has 0 radical (unpaired) electrons. The molecular formula is C21H23N3O4S. The molecule has 0 bridgehead atoms. The molecule has 0 saturated carbocycles. The summed E-state index contributed by atoms with van der Waals surface area (Å²) in [5.41, 5.74) is 5.98. The lowest BCUT2D eigenvalue weighted by Gasteiger charge is -2.17. The van der Waals surface area contributed by atoms with E-state index in [0.29, 0.717) is 17.9 Å². The maximum absolute atomic E-state index is 12.4. The van der Waals surface area contributed by atoms with E-state index in [-0.39, 0.29) is 24.8 Å². The van der Waals surface area contributed by atoms with E-state index in [4.69, 9.17) is 4.74 Å². The van der Waals surface area contributed by atoms with Crippen LogP contribution in [0.5, 0.6) is 5.75 Å². The van der Waals surface area contributed by atoms with Gasteiger partial charge in [-0.1, -0.05) is 0 Å². The molecule has 0 aliphatic carbocycles. The third-order valence-corrected chi connectivity index (χ3v) is 5.35. The Labute approximate surface area is 173 Å². The molecule has 7 nitrogen and oxygen atoms in total. The zero-order valence-electron chi connectivity index (χ0n) is 16.3. The largest absolute Gasteiger partial charge is 0.494 e. The molecule has 0 spiro atoms. The average Bonchev–Trinajstić information content (AvgIpc) is 3.14. The third kappa shape index (κ3) is 5.08. The molecule has 1 fully saturated rings. The van der Waals surface area contributed by atoms with Crippen LogP contribution in [0.2, 0.25) is 0 Å². The van der Waals surface area contributed by atoms with Crippen molar-refractivity contribution in [2.24, 2.45) is 5.92 Å². The maximum atomic E-state index is 12.4. The number of ether oxygens (including phenoxy) is 1. The molecule has 152 valence electrons. The van der Waals surface area contributed by atoms with Crippen molar-refractivity contribution >= 4 is 35.2 Å². The van der Waals surface area contributed by atoms with Crippen LogP contribution in [0, 0.1) is 5.92 Å². The van der Waals surface area contributed by atoms with E-state index >= 15 is 0 Å². The van der Waals surface area contributed by atoms with Crippen molar-refractivity contribution in [1.29, 1.82) is 0 Å². The number of thioether (sulfide) groups is 1. The van der Waals surface area contributed by atoms with Crippen LogP contribution in [0.1, 0.15) is 23.7 Å². The summed E-state index contributed by atoms with van der Waals surface area (Å²) < 4.78 is 5.34. The molecule has 1 atom stereocenters. The van der Waals surface area contributed by atoms with Crippen molar-refractivity contribution in [2.75, 3.05) is 24.3 Å². The minimum Gasteiger partial charge on any atom is -0.494 e. The minimum atomic E-state index is -0.525. The van der Waals surface area contributed by atoms with Gasteiger partial charge in [-0.25, -0.2) is 0 Å². The fraction of sp³-hybridized carbons (Fsp3) is 0.286. The Morgan fingerprint density at radius 3 is 2.41 bits per heavy atom. The summed E-state index contributed by atoms with van der Waals surface area (Å²) in [5.74, 6) is -0.789. The first-order chi connectivity index (χ1) is 14.0. The Kier molecular flexibility index (Phi) is 6.77. The van der Waals surface area contributed by atoms with E-state index in [2.05, 4.69) is 10.9 Å². The van der Waals surface area contributed by atoms with Crippen molar-refractivity contribution in [3.63, 3.8) is 0 Å². The number of carbonyl (C=O) groups excluding carboxylic acids is 3. The summed E-state index contributed by atoms with van der Waals surface area (Å²) in [7, 11) is 0. The normalized spacial score (nSPS) is 15.9. The van der Waals surface area contributed by atoms with E-state index in [1.165, 1.54) is 0 Å². The fourth-order valence-electron chi connectivity index (χ4n) is 3.06. The second-order valence-corrected chi connectivity index (χ2v) is 7.38. The molecular weight excluding hydrogens is 390 g/mol. The SMILES string of the molecule is CCOc1ccc(C(=O)NNC(=O)[C@H]2CC(=O)N(c3ccc(SC)cc3)C2)cc1. The quantitative estimate of drug-likeness (QED) is 0.562. The number of hydrogen-bond donors (Lipinski definition) is 2. The standard InChI is InChI=1S/C21H23N3O4S/c1-3-28-17-8-4-14(5-9-17)20(26)22-23-21(27)15-12-19(25)24(13-15)16-6-10-18(29-2)11-7-16/h4-11,15H,3,12-13H2,1-2H3,(H,22,26)(H,23,27)/t15-/m0/s1. The van der Waals surface area contributed by atoms with Gasteiger partial charge in [0, 0.05) is 29.1 Å². The van der Waals surface area contributed by atoms with Crippen LogP contribution in [0.3, 0.4) is 0 Å². The van der Waals surface area contributed by atoms with Gasteiger partial charge in [0.2, 0.25) is 11.8 Å². The van der Waals surface area contributed by atoms with Crippen LogP contribution in [-0.2, 0) is 9.59 Å². The van der Waals surface area contributed by atoms with Gasteiger partial charge in [0.1, 0.15) is 5.75 Å². The lowest BCUT2D eigenvalue weighted by Crippen LogP contribution is -2.45. The van der Waals surface area contributed by atoms with Crippen molar-refractivity contribution in [3.05, 3.63) is 54.1 Å². The number of anilines is 1. The predicted octanol–water partition coefficient (Wildman–Crippen LogP) is 2.62. The summed E-state index contributed by atoms with van der Waals surface area (Å²) in [6.45, 7) is 2.70. The number of benzene rings is 2. The Hall–Kier alpha value is -3.00. The molecule has 8 heteroatoms. The van der Waals surface area contributed by atoms with Crippen LogP contribution in [0.4, 0.5) is 5.69 Å². The van der Waals surface area contributed by atoms with Crippen molar-refractivity contribution < 1.29 is 19.1 Å². The molecule has 3 rings (SSSR count). The highest BCUT2D eigenvalue weighted by atomic mass is 32.2. The predicted molar refractivity (Wildman–Crippen MR) is 112 cm³/mol. The first-order valence-electron chi connectivity index (χ1n) is 9.29. The van der Waals surface area contributed by atoms with E-state index in [1.807, 2.05) is 37.4 Å². The van der Waals surface area contributed by atoms with Crippen molar-refractivity contribution in [1.82, 2.24) is 10.9 Å². The zero-order valence-corrected chi connectivity index (χ0v) is 17.1. The minimum absolute atomic E-state index is 0.106. The molecule has 1 aliphatic heterocycles. The molecule has 2 aromatic rings. The van der Waals surface area contributed by atoms with Gasteiger partial charge in [-0.2, -0.15) is 0 Å². The number of hydrogen-bond acceptors (Lipinski definition) is 5. The monoisotopic (exact) mass is 413 g/mol. The first-order valence-corrected chi connectivity index (χ1v) is 10.5. The Morgan fingerprint density at radius 1 is 1.10 bits per heavy atom. The summed E-state index contributed by atoms with van der Waals surface area (Å²) in [4.78, 5) is 39.6. The number of nitrogens with zero attached hydrogens (tertiary/aromatic N) is 1. The summed E-state index contributed by atoms with van der Waals surface area (Å²) in [5, 5.41) is 0. The van der Waals surface area contributed by atoms with E-state index in [1.54, 1.807) is 40.9 Å². The second kappa shape index (κ2) is 9.47. The molecule has 0 unspecified atom stereocenters. The molecule has 29 heavy (non-hydrogen) atoms. The molecule has 1 saturated heterocycles. The third-order valence-electron chi connectivity index (χ3n) is 4.61. The van der Waals surface area contributed by atoms with Gasteiger partial charge >= 0.3 is 0 Å². The van der Waals surface area contributed by atoms with Crippen molar-refractivity contribution in [2.45, 2.75) is 18.2 Å². The van der Waals surface area contributed by atoms with Crippen LogP contribution in [0.15, 0.2) is 53.4 Å². The molecule has 0 aromatic heterocycles. The lowest BCUT2D eigenvalue weighted by atomic mass is 10.1. The molecule has 1 heterocycles. The summed E-state index contributed by atoms with van der Waals surface area (Å²) in [6, 6.07) is 14.2. The maximum Gasteiger partial charge on any atom is 0.269 e. The Morgan fingerprint density at radius 2 is 1.79 bits per heavy atom. The van der Waals surface area contributed by atoms with E-state index in [9.17, 15) is 14.4 Å². The van der Waals surface area contributed by atoms with Crippen LogP contribution < -0.4 is 20.5 Å². The molecule has 3 amide bonds. The van der Waals surface area contributed by atoms with Gasteiger partial charge in [0.05, 0.1) is 12.5 Å². The van der Waals surface area contributed by atoms with Gasteiger partial charge < -0.3 is 9.64 Å². The molecule has 1 aliphatic rings. The summed E-state index contributed by atoms with van der Waals surface area (Å²) >= 11 is 1.62. The van der Waals surface area contributed by atoms with Crippen LogP contribution >= 0.6 is 11.8 Å². The number of carbonyl (C=O) groups is 3. The topological polar surface area (TPSA) is 87.7 Å². The lowest BCUT2D eigenvalue weighted by molar-refractivity contribution is -0.126. The van der Waals surface area contributed by atoms with Gasteiger partial charge in [-0.05, 0) is 61.7 Å².